The molecule has 13 heteroatoms. The van der Waals surface area contributed by atoms with Gasteiger partial charge in [0.2, 0.25) is 0 Å². The molecule has 0 atom stereocenters. The van der Waals surface area contributed by atoms with Gasteiger partial charge in [0.15, 0.2) is 0 Å². The molecule has 0 aliphatic rings. The van der Waals surface area contributed by atoms with E-state index in [2.05, 4.69) is 5.32 Å². The van der Waals surface area contributed by atoms with Crippen molar-refractivity contribution in [1.82, 2.24) is 0 Å². The van der Waals surface area contributed by atoms with Gasteiger partial charge in [0.1, 0.15) is 5.56 Å². The van der Waals surface area contributed by atoms with Crippen LogP contribution in [0.2, 0.25) is 0 Å². The van der Waals surface area contributed by atoms with Gasteiger partial charge in [-0.3, -0.25) is 29.8 Å². The largest absolute Gasteiger partial charge is 0.416 e. The number of nitrogens with zero attached hydrogens (tertiary/aromatic N) is 3. The number of nitrogens with one attached hydrogen (secondary N) is 1. The molecule has 0 aliphatic carbocycles. The first-order valence-corrected chi connectivity index (χ1v) is 11.8. The number of hydrogen-bond donors (Lipinski definition) is 1. The first-order chi connectivity index (χ1) is 19.5. The molecular weight excluding hydrogens is 545 g/mol. The Morgan fingerprint density at radius 2 is 1.41 bits per heavy atom. The number of hydrogen-bond acceptors (Lipinski definition) is 6. The summed E-state index contributed by atoms with van der Waals surface area (Å²) in [5.41, 5.74) is -2.09. The van der Waals surface area contributed by atoms with E-state index < -0.39 is 50.3 Å². The molecule has 208 valence electrons. The maximum absolute atomic E-state index is 13.8. The molecule has 0 saturated heterocycles. The fourth-order valence-corrected chi connectivity index (χ4v) is 3.99. The number of nitro benzene ring substituents is 2. The zero-order chi connectivity index (χ0) is 29.7. The Labute approximate surface area is 229 Å². The zero-order valence-corrected chi connectivity index (χ0v) is 20.9. The third-order valence-electron chi connectivity index (χ3n) is 5.96. The first kappa shape index (κ1) is 28.4. The molecule has 0 fully saturated rings. The van der Waals surface area contributed by atoms with Gasteiger partial charge in [0.05, 0.1) is 39.3 Å². The predicted octanol–water partition coefficient (Wildman–Crippen LogP) is 6.62. The van der Waals surface area contributed by atoms with Crippen molar-refractivity contribution < 1.29 is 32.6 Å². The van der Waals surface area contributed by atoms with Gasteiger partial charge >= 0.3 is 6.18 Å². The molecule has 0 spiro atoms. The van der Waals surface area contributed by atoms with E-state index in [4.69, 9.17) is 0 Å². The van der Waals surface area contributed by atoms with Crippen LogP contribution in [0.1, 0.15) is 31.8 Å². The van der Waals surface area contributed by atoms with Gasteiger partial charge in [-0.15, -0.1) is 0 Å². The molecular formula is C28H19F3N4O6. The fourth-order valence-electron chi connectivity index (χ4n) is 3.99. The molecule has 0 aliphatic heterocycles. The number of rotatable bonds is 8. The van der Waals surface area contributed by atoms with E-state index >= 15 is 0 Å². The molecule has 0 radical (unpaired) electrons. The van der Waals surface area contributed by atoms with E-state index in [0.29, 0.717) is 11.6 Å². The maximum atomic E-state index is 13.8. The summed E-state index contributed by atoms with van der Waals surface area (Å²) in [6, 6.07) is 20.8. The lowest BCUT2D eigenvalue weighted by Gasteiger charge is -2.25. The minimum atomic E-state index is -4.56. The normalized spacial score (nSPS) is 11.0. The van der Waals surface area contributed by atoms with Crippen LogP contribution >= 0.6 is 0 Å². The number of anilines is 2. The van der Waals surface area contributed by atoms with E-state index in [-0.39, 0.29) is 23.5 Å². The molecule has 1 N–H and O–H groups in total. The second-order valence-electron chi connectivity index (χ2n) is 8.64. The smallest absolute Gasteiger partial charge is 0.322 e. The van der Waals surface area contributed by atoms with Crippen LogP contribution in [0.4, 0.5) is 35.9 Å². The molecule has 0 unspecified atom stereocenters. The Morgan fingerprint density at radius 3 is 2.02 bits per heavy atom. The fraction of sp³-hybridized carbons (Fsp3) is 0.0714. The highest BCUT2D eigenvalue weighted by Gasteiger charge is 2.31. The number of halogens is 3. The van der Waals surface area contributed by atoms with Gasteiger partial charge in [0.25, 0.3) is 23.2 Å². The molecule has 41 heavy (non-hydrogen) atoms. The highest BCUT2D eigenvalue weighted by molar-refractivity contribution is 6.14. The van der Waals surface area contributed by atoms with Crippen molar-refractivity contribution in [2.75, 3.05) is 10.2 Å². The molecule has 4 rings (SSSR count). The van der Waals surface area contributed by atoms with Crippen LogP contribution in [0.3, 0.4) is 0 Å². The number of benzene rings is 4. The lowest BCUT2D eigenvalue weighted by Crippen LogP contribution is -2.33. The van der Waals surface area contributed by atoms with Crippen LogP contribution in [0, 0.1) is 20.2 Å². The highest BCUT2D eigenvalue weighted by atomic mass is 19.4. The van der Waals surface area contributed by atoms with Crippen molar-refractivity contribution in [2.24, 2.45) is 0 Å². The van der Waals surface area contributed by atoms with E-state index in [1.165, 1.54) is 24.3 Å². The van der Waals surface area contributed by atoms with Crippen molar-refractivity contribution in [3.63, 3.8) is 0 Å². The van der Waals surface area contributed by atoms with Crippen LogP contribution in [-0.4, -0.2) is 21.7 Å². The number of nitro groups is 2. The third-order valence-corrected chi connectivity index (χ3v) is 5.96. The molecule has 4 aromatic carbocycles. The summed E-state index contributed by atoms with van der Waals surface area (Å²) in [6.45, 7) is -0.140. The van der Waals surface area contributed by atoms with Crippen molar-refractivity contribution in [2.45, 2.75) is 12.7 Å². The van der Waals surface area contributed by atoms with Gasteiger partial charge in [0, 0.05) is 11.8 Å². The van der Waals surface area contributed by atoms with Gasteiger partial charge in [-0.1, -0.05) is 42.5 Å². The predicted molar refractivity (Wildman–Crippen MR) is 143 cm³/mol. The van der Waals surface area contributed by atoms with E-state index in [9.17, 15) is 43.0 Å². The van der Waals surface area contributed by atoms with Crippen LogP contribution in [-0.2, 0) is 12.7 Å². The number of alkyl halides is 3. The topological polar surface area (TPSA) is 136 Å². The SMILES string of the molecule is O=C(Nc1ccc(C(F)(F)F)cc1)c1ccccc1N(Cc1ccccc1)C(=O)c1ccc([N+](=O)[O-])cc1[N+](=O)[O-]. The van der Waals surface area contributed by atoms with Gasteiger partial charge in [-0.2, -0.15) is 13.2 Å². The lowest BCUT2D eigenvalue weighted by atomic mass is 10.1. The third kappa shape index (κ3) is 6.53. The van der Waals surface area contributed by atoms with Gasteiger partial charge in [-0.05, 0) is 48.0 Å². The summed E-state index contributed by atoms with van der Waals surface area (Å²) < 4.78 is 38.8. The summed E-state index contributed by atoms with van der Waals surface area (Å²) >= 11 is 0. The Kier molecular flexibility index (Phi) is 8.08. The monoisotopic (exact) mass is 564 g/mol. The lowest BCUT2D eigenvalue weighted by molar-refractivity contribution is -0.394. The zero-order valence-electron chi connectivity index (χ0n) is 20.9. The van der Waals surface area contributed by atoms with Gasteiger partial charge in [-0.25, -0.2) is 0 Å². The molecule has 0 heterocycles. The van der Waals surface area contributed by atoms with E-state index in [1.54, 1.807) is 30.3 Å². The van der Waals surface area contributed by atoms with Crippen LogP contribution in [0.25, 0.3) is 0 Å². The highest BCUT2D eigenvalue weighted by Crippen LogP contribution is 2.32. The van der Waals surface area contributed by atoms with Crippen molar-refractivity contribution >= 4 is 34.6 Å². The van der Waals surface area contributed by atoms with Crippen molar-refractivity contribution in [1.29, 1.82) is 0 Å². The van der Waals surface area contributed by atoms with Crippen LogP contribution in [0.5, 0.6) is 0 Å². The standard InChI is InChI=1S/C28H19F3N4O6/c29-28(30,31)19-10-12-20(13-11-19)32-26(36)22-8-4-5-9-24(22)33(17-18-6-2-1-3-7-18)27(37)23-15-14-21(34(38)39)16-25(23)35(40)41/h1-16H,17H2,(H,32,36). The van der Waals surface area contributed by atoms with E-state index in [1.807, 2.05) is 0 Å². The Bertz CT molecular complexity index is 1630. The summed E-state index contributed by atoms with van der Waals surface area (Å²) in [7, 11) is 0. The first-order valence-electron chi connectivity index (χ1n) is 11.8. The van der Waals surface area contributed by atoms with Crippen LogP contribution < -0.4 is 10.2 Å². The minimum absolute atomic E-state index is 0.0402. The molecule has 0 saturated carbocycles. The summed E-state index contributed by atoms with van der Waals surface area (Å²) in [4.78, 5) is 49.4. The number of carbonyl (C=O) groups excluding carboxylic acids is 2. The molecule has 0 bridgehead atoms. The molecule has 0 aromatic heterocycles. The Balaban J connectivity index is 1.76. The number of carbonyl (C=O) groups is 2. The summed E-state index contributed by atoms with van der Waals surface area (Å²) in [5, 5.41) is 25.4. The Morgan fingerprint density at radius 1 is 0.780 bits per heavy atom. The number of para-hydroxylation sites is 1. The Hall–Kier alpha value is -5.59. The van der Waals surface area contributed by atoms with Crippen molar-refractivity contribution in [3.8, 4) is 0 Å². The van der Waals surface area contributed by atoms with Crippen LogP contribution in [0.15, 0.2) is 97.1 Å². The minimum Gasteiger partial charge on any atom is -0.322 e. The molecule has 4 aromatic rings. The molecule has 10 nitrogen and oxygen atoms in total. The average molecular weight is 564 g/mol. The van der Waals surface area contributed by atoms with Crippen molar-refractivity contribution in [3.05, 3.63) is 140 Å². The quantitative estimate of drug-likeness (QED) is 0.189. The summed E-state index contributed by atoms with van der Waals surface area (Å²) in [5.74, 6) is -1.67. The number of non-ortho nitro benzene ring substituents is 1. The summed E-state index contributed by atoms with van der Waals surface area (Å²) in [6.07, 6.45) is -4.56. The average Bonchev–Trinajstić information content (AvgIpc) is 2.95. The van der Waals surface area contributed by atoms with Gasteiger partial charge < -0.3 is 10.2 Å². The van der Waals surface area contributed by atoms with E-state index in [0.717, 1.165) is 41.3 Å². The maximum Gasteiger partial charge on any atom is 0.416 e. The second-order valence-corrected chi connectivity index (χ2v) is 8.64. The molecule has 2 amide bonds. The second kappa shape index (κ2) is 11.7. The number of amides is 2.